The van der Waals surface area contributed by atoms with E-state index in [1.165, 1.54) is 12.1 Å². The molecule has 4 atom stereocenters. The number of aromatic nitrogens is 1. The van der Waals surface area contributed by atoms with Gasteiger partial charge in [0.15, 0.2) is 0 Å². The highest BCUT2D eigenvalue weighted by atomic mass is 31.1. The lowest BCUT2D eigenvalue weighted by molar-refractivity contribution is -0.274. The first-order valence-corrected chi connectivity index (χ1v) is 12.3. The summed E-state index contributed by atoms with van der Waals surface area (Å²) in [4.78, 5) is 0. The molecule has 2 aromatic rings. The lowest BCUT2D eigenvalue weighted by Crippen LogP contribution is -2.18. The Labute approximate surface area is 192 Å². The van der Waals surface area contributed by atoms with Gasteiger partial charge in [-0.25, -0.2) is 4.20 Å². The van der Waals surface area contributed by atoms with Crippen molar-refractivity contribution in [1.29, 1.82) is 0 Å². The molecule has 33 heavy (non-hydrogen) atoms. The summed E-state index contributed by atoms with van der Waals surface area (Å²) < 4.78 is 69.4. The van der Waals surface area contributed by atoms with Gasteiger partial charge in [-0.3, -0.25) is 4.67 Å². The molecule has 3 aliphatic rings. The number of alkyl halides is 3. The van der Waals surface area contributed by atoms with Gasteiger partial charge in [0.1, 0.15) is 26.2 Å². The average Bonchev–Trinajstić information content (AvgIpc) is 3.26. The van der Waals surface area contributed by atoms with Crippen LogP contribution in [0.5, 0.6) is 5.75 Å². The van der Waals surface area contributed by atoms with Crippen molar-refractivity contribution in [1.82, 2.24) is 9.83 Å². The standard InChI is InChI=1S/C21H23F4N2O3P.C2H6/c22-21(23,24)29-18-4-2-1-3-16(18)19-17(20(30-26-19)12-5-6-12)11-28-15-7-13-9-27(31-25)10-14(13)8-15;1-2/h1-4,12-15,31H,5-11H2;1-2H3/t13-,14?,15?;/m0./s1. The molecule has 2 aliphatic carbocycles. The Morgan fingerprint density at radius 3 is 2.39 bits per heavy atom. The van der Waals surface area contributed by atoms with Gasteiger partial charge in [0.05, 0.1) is 12.7 Å². The van der Waals surface area contributed by atoms with E-state index in [4.69, 9.17) is 9.26 Å². The number of ether oxygens (including phenoxy) is 2. The van der Waals surface area contributed by atoms with E-state index in [0.717, 1.165) is 38.8 Å². The van der Waals surface area contributed by atoms with Gasteiger partial charge in [-0.05, 0) is 49.7 Å². The largest absolute Gasteiger partial charge is 0.573 e. The minimum absolute atomic E-state index is 0.0524. The third-order valence-electron chi connectivity index (χ3n) is 6.43. The maximum Gasteiger partial charge on any atom is 0.573 e. The van der Waals surface area contributed by atoms with Crippen LogP contribution in [0.2, 0.25) is 0 Å². The summed E-state index contributed by atoms with van der Waals surface area (Å²) in [5, 5.41) is 4.11. The fourth-order valence-corrected chi connectivity index (χ4v) is 5.47. The average molecular weight is 488 g/mol. The SMILES string of the molecule is CC.FPN1CC2CC(OCc3c(-c4ccccc4OC(F)(F)F)noc3C3CC3)C[C@H]2C1. The highest BCUT2D eigenvalue weighted by Gasteiger charge is 2.42. The fourth-order valence-electron chi connectivity index (χ4n) is 4.87. The Balaban J connectivity index is 0.00000126. The molecule has 1 aromatic heterocycles. The summed E-state index contributed by atoms with van der Waals surface area (Å²) in [6, 6.07) is 5.95. The van der Waals surface area contributed by atoms with Gasteiger partial charge in [0.2, 0.25) is 0 Å². The predicted octanol–water partition coefficient (Wildman–Crippen LogP) is 6.85. The van der Waals surface area contributed by atoms with Gasteiger partial charge in [-0.2, -0.15) is 0 Å². The van der Waals surface area contributed by atoms with Crippen LogP contribution in [0.15, 0.2) is 28.8 Å². The number of halogens is 4. The lowest BCUT2D eigenvalue weighted by Gasteiger charge is -2.17. The Morgan fingerprint density at radius 2 is 1.79 bits per heavy atom. The van der Waals surface area contributed by atoms with Crippen molar-refractivity contribution in [2.24, 2.45) is 11.8 Å². The van der Waals surface area contributed by atoms with E-state index >= 15 is 0 Å². The van der Waals surface area contributed by atoms with E-state index in [2.05, 4.69) is 9.89 Å². The number of benzene rings is 1. The maximum absolute atomic E-state index is 12.9. The monoisotopic (exact) mass is 488 g/mol. The second kappa shape index (κ2) is 10.3. The van der Waals surface area contributed by atoms with E-state index in [1.54, 1.807) is 12.1 Å². The molecule has 3 fully saturated rings. The Hall–Kier alpha value is -1.70. The smallest absolute Gasteiger partial charge is 0.405 e. The molecule has 2 saturated carbocycles. The quantitative estimate of drug-likeness (QED) is 0.315. The third-order valence-corrected chi connectivity index (χ3v) is 7.03. The van der Waals surface area contributed by atoms with Crippen molar-refractivity contribution < 1.29 is 31.4 Å². The van der Waals surface area contributed by atoms with Crippen LogP contribution in [0.4, 0.5) is 17.4 Å². The van der Waals surface area contributed by atoms with Gasteiger partial charge in [-0.15, -0.1) is 13.2 Å². The molecule has 5 nitrogen and oxygen atoms in total. The molecule has 0 radical (unpaired) electrons. The molecule has 1 aromatic carbocycles. The first kappa shape index (κ1) is 24.4. The van der Waals surface area contributed by atoms with E-state index < -0.39 is 15.4 Å². The number of para-hydroxylation sites is 1. The zero-order valence-corrected chi connectivity index (χ0v) is 19.7. The molecule has 182 valence electrons. The summed E-state index contributed by atoms with van der Waals surface area (Å²) in [6.07, 6.45) is -1.06. The molecule has 0 N–H and O–H groups in total. The minimum atomic E-state index is -4.80. The van der Waals surface area contributed by atoms with Crippen molar-refractivity contribution in [3.8, 4) is 17.0 Å². The zero-order valence-electron chi connectivity index (χ0n) is 18.7. The number of hydrogen-bond acceptors (Lipinski definition) is 5. The molecule has 3 unspecified atom stereocenters. The molecular formula is C23H29F4N2O3P. The Kier molecular flexibility index (Phi) is 7.61. The molecule has 2 heterocycles. The molecule has 1 aliphatic heterocycles. The van der Waals surface area contributed by atoms with Crippen LogP contribution < -0.4 is 4.74 Å². The van der Waals surface area contributed by atoms with Crippen molar-refractivity contribution in [2.75, 3.05) is 13.1 Å². The third kappa shape index (κ3) is 5.69. The molecule has 1 saturated heterocycles. The van der Waals surface area contributed by atoms with E-state index in [0.29, 0.717) is 28.9 Å². The van der Waals surface area contributed by atoms with Crippen molar-refractivity contribution in [2.45, 2.75) is 64.5 Å². The van der Waals surface area contributed by atoms with E-state index in [9.17, 15) is 17.4 Å². The summed E-state index contributed by atoms with van der Waals surface area (Å²) in [5.74, 6) is 1.50. The summed E-state index contributed by atoms with van der Waals surface area (Å²) in [7, 11) is -0.646. The highest BCUT2D eigenvalue weighted by molar-refractivity contribution is 7.28. The van der Waals surface area contributed by atoms with Gasteiger partial charge in [-0.1, -0.05) is 31.1 Å². The topological polar surface area (TPSA) is 47.7 Å². The van der Waals surface area contributed by atoms with Crippen LogP contribution >= 0.6 is 9.04 Å². The van der Waals surface area contributed by atoms with Crippen molar-refractivity contribution in [3.63, 3.8) is 0 Å². The minimum Gasteiger partial charge on any atom is -0.405 e. The van der Waals surface area contributed by atoms with Crippen LogP contribution in [-0.2, 0) is 11.3 Å². The van der Waals surface area contributed by atoms with Gasteiger partial charge in [0, 0.05) is 30.1 Å². The van der Waals surface area contributed by atoms with Crippen LogP contribution in [0.1, 0.15) is 56.8 Å². The highest BCUT2D eigenvalue weighted by Crippen LogP contribution is 2.47. The number of rotatable bonds is 7. The summed E-state index contributed by atoms with van der Waals surface area (Å²) in [5.41, 5.74) is 1.27. The first-order chi connectivity index (χ1) is 15.9. The van der Waals surface area contributed by atoms with Crippen LogP contribution in [0.3, 0.4) is 0 Å². The zero-order chi connectivity index (χ0) is 23.6. The number of hydrogen-bond donors (Lipinski definition) is 0. The van der Waals surface area contributed by atoms with Crippen LogP contribution in [0.25, 0.3) is 11.3 Å². The van der Waals surface area contributed by atoms with Crippen molar-refractivity contribution >= 4 is 9.04 Å². The molecular weight excluding hydrogens is 459 g/mol. The number of nitrogens with zero attached hydrogens (tertiary/aromatic N) is 2. The predicted molar refractivity (Wildman–Crippen MR) is 118 cm³/mol. The second-order valence-electron chi connectivity index (χ2n) is 8.61. The van der Waals surface area contributed by atoms with E-state index in [1.807, 2.05) is 18.5 Å². The molecule has 0 bridgehead atoms. The van der Waals surface area contributed by atoms with Gasteiger partial charge < -0.3 is 14.0 Å². The first-order valence-electron chi connectivity index (χ1n) is 11.5. The fraction of sp³-hybridized carbons (Fsp3) is 0.609. The van der Waals surface area contributed by atoms with Crippen LogP contribution in [-0.4, -0.2) is 35.4 Å². The van der Waals surface area contributed by atoms with E-state index in [-0.39, 0.29) is 29.9 Å². The normalized spacial score (nSPS) is 25.3. The Morgan fingerprint density at radius 1 is 1.12 bits per heavy atom. The van der Waals surface area contributed by atoms with Crippen molar-refractivity contribution in [3.05, 3.63) is 35.6 Å². The lowest BCUT2D eigenvalue weighted by atomic mass is 10.0. The molecule has 5 rings (SSSR count). The summed E-state index contributed by atoms with van der Waals surface area (Å²) in [6.45, 7) is 5.77. The summed E-state index contributed by atoms with van der Waals surface area (Å²) >= 11 is 0. The van der Waals surface area contributed by atoms with Crippen LogP contribution in [0, 0.1) is 11.8 Å². The Bertz CT molecular complexity index is 921. The number of fused-ring (bicyclic) bond motifs is 1. The second-order valence-corrected chi connectivity index (χ2v) is 9.41. The maximum atomic E-state index is 12.9. The molecule has 0 amide bonds. The molecule has 0 spiro atoms. The van der Waals surface area contributed by atoms with Gasteiger partial charge in [0.25, 0.3) is 0 Å². The molecule has 10 heteroatoms. The van der Waals surface area contributed by atoms with Gasteiger partial charge >= 0.3 is 6.36 Å².